The molecule has 68 valence electrons. The highest BCUT2D eigenvalue weighted by atomic mass is 32.1. The lowest BCUT2D eigenvalue weighted by atomic mass is 9.86. The van der Waals surface area contributed by atoms with Crippen LogP contribution in [-0.4, -0.2) is 4.37 Å². The molecular formula is C10H17NS. The fraction of sp³-hybridized carbons (Fsp3) is 0.700. The van der Waals surface area contributed by atoms with Gasteiger partial charge < -0.3 is 0 Å². The molecule has 0 aliphatic heterocycles. The third kappa shape index (κ3) is 1.86. The maximum Gasteiger partial charge on any atom is 0.0447 e. The highest BCUT2D eigenvalue weighted by Crippen LogP contribution is 2.32. The molecule has 0 radical (unpaired) electrons. The first-order valence-corrected chi connectivity index (χ1v) is 5.15. The van der Waals surface area contributed by atoms with Crippen molar-refractivity contribution in [2.45, 2.75) is 46.0 Å². The average Bonchev–Trinajstić information content (AvgIpc) is 2.30. The second kappa shape index (κ2) is 3.17. The van der Waals surface area contributed by atoms with Gasteiger partial charge in [0.2, 0.25) is 0 Å². The molecule has 0 aromatic carbocycles. The first-order valence-electron chi connectivity index (χ1n) is 4.38. The maximum atomic E-state index is 4.25. The van der Waals surface area contributed by atoms with Gasteiger partial charge in [-0.3, -0.25) is 0 Å². The molecular weight excluding hydrogens is 166 g/mol. The molecule has 0 saturated heterocycles. The summed E-state index contributed by atoms with van der Waals surface area (Å²) in [4.78, 5) is 1.43. The van der Waals surface area contributed by atoms with Gasteiger partial charge in [0.1, 0.15) is 0 Å². The quantitative estimate of drug-likeness (QED) is 0.648. The van der Waals surface area contributed by atoms with Crippen LogP contribution in [-0.2, 0) is 5.41 Å². The Hall–Kier alpha value is -0.370. The van der Waals surface area contributed by atoms with Gasteiger partial charge in [0, 0.05) is 11.1 Å². The van der Waals surface area contributed by atoms with E-state index in [4.69, 9.17) is 0 Å². The normalized spacial score (nSPS) is 12.5. The zero-order valence-corrected chi connectivity index (χ0v) is 9.33. The van der Waals surface area contributed by atoms with Crippen LogP contribution in [0.1, 0.15) is 51.0 Å². The highest BCUT2D eigenvalue weighted by Gasteiger charge is 2.21. The van der Waals surface area contributed by atoms with Crippen molar-refractivity contribution in [3.05, 3.63) is 16.6 Å². The highest BCUT2D eigenvalue weighted by molar-refractivity contribution is 7.06. The molecule has 0 amide bonds. The van der Waals surface area contributed by atoms with Crippen LogP contribution in [0.5, 0.6) is 0 Å². The van der Waals surface area contributed by atoms with E-state index in [-0.39, 0.29) is 5.41 Å². The minimum atomic E-state index is 0.243. The standard InChI is InChI=1S/C10H17NS/c1-7(2)9-8(6-11-12-9)10(3,4)5/h6-7H,1-5H3. The number of rotatable bonds is 1. The fourth-order valence-corrected chi connectivity index (χ4v) is 2.17. The topological polar surface area (TPSA) is 12.9 Å². The molecule has 1 aromatic heterocycles. The van der Waals surface area contributed by atoms with Crippen LogP contribution >= 0.6 is 11.5 Å². The minimum absolute atomic E-state index is 0.243. The first kappa shape index (κ1) is 9.72. The molecule has 1 aromatic rings. The molecule has 1 rings (SSSR count). The summed E-state index contributed by atoms with van der Waals surface area (Å²) >= 11 is 1.63. The lowest BCUT2D eigenvalue weighted by Crippen LogP contribution is -2.12. The van der Waals surface area contributed by atoms with Crippen molar-refractivity contribution in [3.8, 4) is 0 Å². The molecule has 12 heavy (non-hydrogen) atoms. The molecule has 0 unspecified atom stereocenters. The fourth-order valence-electron chi connectivity index (χ4n) is 1.23. The molecule has 1 nitrogen and oxygen atoms in total. The summed E-state index contributed by atoms with van der Waals surface area (Å²) in [7, 11) is 0. The molecule has 0 aliphatic carbocycles. The van der Waals surface area contributed by atoms with Crippen molar-refractivity contribution in [1.82, 2.24) is 4.37 Å². The second-order valence-electron chi connectivity index (χ2n) is 4.51. The van der Waals surface area contributed by atoms with Crippen molar-refractivity contribution < 1.29 is 0 Å². The summed E-state index contributed by atoms with van der Waals surface area (Å²) < 4.78 is 4.25. The number of hydrogen-bond donors (Lipinski definition) is 0. The molecule has 0 aliphatic rings. The summed E-state index contributed by atoms with van der Waals surface area (Å²) in [5, 5.41) is 0. The zero-order chi connectivity index (χ0) is 9.35. The summed E-state index contributed by atoms with van der Waals surface area (Å²) in [6.45, 7) is 11.2. The predicted octanol–water partition coefficient (Wildman–Crippen LogP) is 3.56. The van der Waals surface area contributed by atoms with Gasteiger partial charge in [-0.05, 0) is 28.4 Å². The predicted molar refractivity (Wildman–Crippen MR) is 54.9 cm³/mol. The van der Waals surface area contributed by atoms with E-state index >= 15 is 0 Å². The van der Waals surface area contributed by atoms with E-state index in [1.807, 2.05) is 6.20 Å². The van der Waals surface area contributed by atoms with E-state index in [1.54, 1.807) is 11.5 Å². The molecule has 0 spiro atoms. The van der Waals surface area contributed by atoms with Crippen LogP contribution < -0.4 is 0 Å². The Morgan fingerprint density at radius 1 is 1.33 bits per heavy atom. The van der Waals surface area contributed by atoms with Gasteiger partial charge in [0.05, 0.1) is 0 Å². The third-order valence-electron chi connectivity index (χ3n) is 1.93. The summed E-state index contributed by atoms with van der Waals surface area (Å²) in [6.07, 6.45) is 2.01. The largest absolute Gasteiger partial charge is 0.201 e. The van der Waals surface area contributed by atoms with Crippen LogP contribution in [0.25, 0.3) is 0 Å². The van der Waals surface area contributed by atoms with Crippen LogP contribution in [0.2, 0.25) is 0 Å². The minimum Gasteiger partial charge on any atom is -0.201 e. The van der Waals surface area contributed by atoms with Crippen molar-refractivity contribution >= 4 is 11.5 Å². The van der Waals surface area contributed by atoms with E-state index in [9.17, 15) is 0 Å². The summed E-state index contributed by atoms with van der Waals surface area (Å²) in [5.41, 5.74) is 1.65. The number of hydrogen-bond acceptors (Lipinski definition) is 2. The summed E-state index contributed by atoms with van der Waals surface area (Å²) in [5.74, 6) is 0.603. The molecule has 0 N–H and O–H groups in total. The molecule has 2 heteroatoms. The summed E-state index contributed by atoms with van der Waals surface area (Å²) in [6, 6.07) is 0. The molecule has 0 fully saturated rings. The van der Waals surface area contributed by atoms with E-state index in [0.717, 1.165) is 0 Å². The van der Waals surface area contributed by atoms with Gasteiger partial charge in [-0.2, -0.15) is 0 Å². The van der Waals surface area contributed by atoms with Crippen molar-refractivity contribution in [2.24, 2.45) is 0 Å². The Morgan fingerprint density at radius 2 is 1.92 bits per heavy atom. The SMILES string of the molecule is CC(C)c1sncc1C(C)(C)C. The van der Waals surface area contributed by atoms with E-state index in [0.29, 0.717) is 5.92 Å². The lowest BCUT2D eigenvalue weighted by molar-refractivity contribution is 0.581. The molecule has 0 bridgehead atoms. The van der Waals surface area contributed by atoms with Gasteiger partial charge in [-0.1, -0.05) is 34.6 Å². The van der Waals surface area contributed by atoms with Crippen LogP contribution in [0, 0.1) is 0 Å². The third-order valence-corrected chi connectivity index (χ3v) is 3.03. The van der Waals surface area contributed by atoms with Crippen LogP contribution in [0.3, 0.4) is 0 Å². The lowest BCUT2D eigenvalue weighted by Gasteiger charge is -2.19. The van der Waals surface area contributed by atoms with Crippen LogP contribution in [0.4, 0.5) is 0 Å². The Labute approximate surface area is 79.0 Å². The van der Waals surface area contributed by atoms with E-state index in [2.05, 4.69) is 39.0 Å². The Kier molecular flexibility index (Phi) is 2.57. The number of nitrogens with zero attached hydrogens (tertiary/aromatic N) is 1. The smallest absolute Gasteiger partial charge is 0.0447 e. The Balaban J connectivity index is 3.08. The average molecular weight is 183 g/mol. The van der Waals surface area contributed by atoms with Crippen molar-refractivity contribution in [1.29, 1.82) is 0 Å². The first-order chi connectivity index (χ1) is 5.43. The zero-order valence-electron chi connectivity index (χ0n) is 8.51. The van der Waals surface area contributed by atoms with Gasteiger partial charge >= 0.3 is 0 Å². The maximum absolute atomic E-state index is 4.25. The van der Waals surface area contributed by atoms with Crippen LogP contribution in [0.15, 0.2) is 6.20 Å². The Morgan fingerprint density at radius 3 is 2.25 bits per heavy atom. The van der Waals surface area contributed by atoms with Gasteiger partial charge in [-0.25, -0.2) is 4.37 Å². The monoisotopic (exact) mass is 183 g/mol. The van der Waals surface area contributed by atoms with Gasteiger partial charge in [0.15, 0.2) is 0 Å². The van der Waals surface area contributed by atoms with Gasteiger partial charge in [0.25, 0.3) is 0 Å². The van der Waals surface area contributed by atoms with Gasteiger partial charge in [-0.15, -0.1) is 0 Å². The van der Waals surface area contributed by atoms with Crippen molar-refractivity contribution in [3.63, 3.8) is 0 Å². The molecule has 1 heterocycles. The van der Waals surface area contributed by atoms with E-state index < -0.39 is 0 Å². The van der Waals surface area contributed by atoms with E-state index in [1.165, 1.54) is 10.4 Å². The Bertz CT molecular complexity index is 255. The molecule has 0 saturated carbocycles. The second-order valence-corrected chi connectivity index (χ2v) is 5.34. The molecule has 0 atom stereocenters. The number of aromatic nitrogens is 1. The van der Waals surface area contributed by atoms with Crippen molar-refractivity contribution in [2.75, 3.05) is 0 Å².